The average Bonchev–Trinajstić information content (AvgIpc) is 2.88. The third-order valence-corrected chi connectivity index (χ3v) is 5.72. The number of alkyl carbamates (subject to hydrolysis) is 1. The second-order valence-corrected chi connectivity index (χ2v) is 7.92. The summed E-state index contributed by atoms with van der Waals surface area (Å²) >= 11 is 0. The number of carboxylic acid groups (broad SMARTS) is 1. The number of aliphatic carboxylic acids is 1. The number of carbonyl (C=O) groups excluding carboxylic acids is 2. The predicted molar refractivity (Wildman–Crippen MR) is 94.1 cm³/mol. The van der Waals surface area contributed by atoms with Gasteiger partial charge in [-0.1, -0.05) is 32.9 Å². The van der Waals surface area contributed by atoms with Crippen LogP contribution in [0.3, 0.4) is 0 Å². The largest absolute Gasteiger partial charge is 0.481 e. The lowest BCUT2D eigenvalue weighted by molar-refractivity contribution is -0.173. The van der Waals surface area contributed by atoms with Crippen molar-refractivity contribution in [2.24, 2.45) is 22.7 Å². The first-order valence-corrected chi connectivity index (χ1v) is 9.14. The smallest absolute Gasteiger partial charge is 0.410 e. The number of esters is 1. The van der Waals surface area contributed by atoms with E-state index in [9.17, 15) is 19.5 Å². The van der Waals surface area contributed by atoms with Crippen LogP contribution in [0.4, 0.5) is 4.79 Å². The van der Waals surface area contributed by atoms with Crippen LogP contribution in [0.25, 0.3) is 0 Å². The van der Waals surface area contributed by atoms with Crippen molar-refractivity contribution in [1.82, 2.24) is 5.32 Å². The molecule has 2 N–H and O–H groups in total. The van der Waals surface area contributed by atoms with Crippen molar-refractivity contribution in [2.45, 2.75) is 59.7 Å². The molecule has 2 rings (SSSR count). The summed E-state index contributed by atoms with van der Waals surface area (Å²) in [6.45, 7) is 7.15. The van der Waals surface area contributed by atoms with Crippen molar-refractivity contribution >= 4 is 18.0 Å². The summed E-state index contributed by atoms with van der Waals surface area (Å²) in [6.07, 6.45) is 5.25. The molecule has 0 spiro atoms. The quantitative estimate of drug-likeness (QED) is 0.388. The number of carboxylic acids is 1. The fourth-order valence-electron chi connectivity index (χ4n) is 4.54. The summed E-state index contributed by atoms with van der Waals surface area (Å²) in [4.78, 5) is 34.7. The highest BCUT2D eigenvalue weighted by molar-refractivity contribution is 5.70. The maximum Gasteiger partial charge on any atom is 0.410 e. The van der Waals surface area contributed by atoms with Gasteiger partial charge >= 0.3 is 18.0 Å². The molecule has 2 aliphatic carbocycles. The van der Waals surface area contributed by atoms with Gasteiger partial charge in [0, 0.05) is 24.8 Å². The second-order valence-electron chi connectivity index (χ2n) is 7.92. The molecular formula is C19H29NO6. The predicted octanol–water partition coefficient (Wildman–Crippen LogP) is 3.10. The van der Waals surface area contributed by atoms with E-state index in [1.165, 1.54) is 6.92 Å². The molecule has 1 fully saturated rings. The number of rotatable bonds is 8. The van der Waals surface area contributed by atoms with Crippen molar-refractivity contribution in [1.29, 1.82) is 0 Å². The summed E-state index contributed by atoms with van der Waals surface area (Å²) in [5.41, 5.74) is -0.373. The number of carbonyl (C=O) groups is 3. The summed E-state index contributed by atoms with van der Waals surface area (Å²) in [5.74, 6) is -1.44. The lowest BCUT2D eigenvalue weighted by Gasteiger charge is -2.60. The van der Waals surface area contributed by atoms with Gasteiger partial charge < -0.3 is 19.9 Å². The van der Waals surface area contributed by atoms with E-state index < -0.39 is 29.7 Å². The zero-order chi connectivity index (χ0) is 19.5. The van der Waals surface area contributed by atoms with Crippen molar-refractivity contribution < 1.29 is 29.0 Å². The third kappa shape index (κ3) is 4.02. The molecule has 0 bridgehead atoms. The first-order chi connectivity index (χ1) is 12.1. The van der Waals surface area contributed by atoms with Crippen LogP contribution in [0, 0.1) is 22.7 Å². The van der Waals surface area contributed by atoms with Crippen molar-refractivity contribution in [3.63, 3.8) is 0 Å². The molecule has 146 valence electrons. The fourth-order valence-corrected chi connectivity index (χ4v) is 4.54. The minimum absolute atomic E-state index is 0.00158. The van der Waals surface area contributed by atoms with Gasteiger partial charge in [-0.3, -0.25) is 9.59 Å². The summed E-state index contributed by atoms with van der Waals surface area (Å²) < 4.78 is 10.2. The second kappa shape index (κ2) is 7.68. The Hall–Kier alpha value is -2.05. The van der Waals surface area contributed by atoms with E-state index in [-0.39, 0.29) is 30.2 Å². The maximum absolute atomic E-state index is 12.2. The zero-order valence-electron chi connectivity index (χ0n) is 15.9. The lowest BCUT2D eigenvalue weighted by Crippen LogP contribution is -2.59. The van der Waals surface area contributed by atoms with Crippen molar-refractivity contribution in [2.75, 3.05) is 6.54 Å². The first kappa shape index (κ1) is 20.3. The summed E-state index contributed by atoms with van der Waals surface area (Å²) in [6, 6.07) is 0. The maximum atomic E-state index is 12.2. The zero-order valence-corrected chi connectivity index (χ0v) is 15.9. The van der Waals surface area contributed by atoms with Gasteiger partial charge in [0.15, 0.2) is 0 Å². The van der Waals surface area contributed by atoms with Gasteiger partial charge in [-0.05, 0) is 30.6 Å². The number of nitrogens with one attached hydrogen (secondary N) is 1. The van der Waals surface area contributed by atoms with Crippen LogP contribution < -0.4 is 5.32 Å². The SMILES string of the molecule is CC[C@@]12CC=C[C@H]1[C@](CNC(=O)O[C@H](OC(C)=O)C(C)C)(CC(=O)O)C2. The Bertz CT molecular complexity index is 601. The molecule has 7 heteroatoms. The van der Waals surface area contributed by atoms with E-state index in [1.54, 1.807) is 13.8 Å². The first-order valence-electron chi connectivity index (χ1n) is 9.14. The molecule has 0 radical (unpaired) electrons. The van der Waals surface area contributed by atoms with Gasteiger partial charge in [-0.25, -0.2) is 4.79 Å². The number of amides is 1. The molecule has 2 aliphatic rings. The highest BCUT2D eigenvalue weighted by Gasteiger charge is 2.62. The Labute approximate surface area is 154 Å². The minimum Gasteiger partial charge on any atom is -0.481 e. The van der Waals surface area contributed by atoms with Crippen LogP contribution in [0.2, 0.25) is 0 Å². The summed E-state index contributed by atoms with van der Waals surface area (Å²) in [7, 11) is 0. The molecule has 1 saturated carbocycles. The molecule has 0 aromatic carbocycles. The molecular weight excluding hydrogens is 338 g/mol. The van der Waals surface area contributed by atoms with Gasteiger partial charge in [0.05, 0.1) is 6.42 Å². The Kier molecular flexibility index (Phi) is 5.98. The molecule has 0 aliphatic heterocycles. The molecule has 0 aromatic rings. The number of allylic oxidation sites excluding steroid dienone is 2. The van der Waals surface area contributed by atoms with Gasteiger partial charge in [-0.2, -0.15) is 0 Å². The average molecular weight is 367 g/mol. The van der Waals surface area contributed by atoms with E-state index in [1.807, 2.05) is 0 Å². The molecule has 0 unspecified atom stereocenters. The fraction of sp³-hybridized carbons (Fsp3) is 0.737. The van der Waals surface area contributed by atoms with Crippen molar-refractivity contribution in [3.05, 3.63) is 12.2 Å². The van der Waals surface area contributed by atoms with Crippen LogP contribution in [0.1, 0.15) is 53.4 Å². The van der Waals surface area contributed by atoms with Crippen LogP contribution in [0.15, 0.2) is 12.2 Å². The number of hydrogen-bond donors (Lipinski definition) is 2. The molecule has 0 aromatic heterocycles. The molecule has 1 amide bonds. The molecule has 0 saturated heterocycles. The van der Waals surface area contributed by atoms with E-state index in [0.717, 1.165) is 19.3 Å². The van der Waals surface area contributed by atoms with Crippen LogP contribution in [-0.2, 0) is 19.1 Å². The van der Waals surface area contributed by atoms with E-state index in [4.69, 9.17) is 9.47 Å². The summed E-state index contributed by atoms with van der Waals surface area (Å²) in [5, 5.41) is 12.0. The monoisotopic (exact) mass is 367 g/mol. The standard InChI is InChI=1S/C19H29NO6/c1-5-18-8-6-7-14(18)19(10-18,9-15(22)23)11-20-17(24)26-16(12(2)3)25-13(4)21/h6-7,12,14,16H,5,8-11H2,1-4H3,(H,20,24)(H,22,23)/t14-,16+,18+,19-/m1/s1. The molecule has 0 heterocycles. The topological polar surface area (TPSA) is 102 Å². The molecule has 7 nitrogen and oxygen atoms in total. The Balaban J connectivity index is 2.00. The van der Waals surface area contributed by atoms with Gasteiger partial charge in [0.25, 0.3) is 6.29 Å². The number of hydrogen-bond acceptors (Lipinski definition) is 5. The minimum atomic E-state index is -0.967. The van der Waals surface area contributed by atoms with E-state index in [0.29, 0.717) is 0 Å². The molecule has 4 atom stereocenters. The lowest BCUT2D eigenvalue weighted by atomic mass is 9.44. The van der Waals surface area contributed by atoms with Crippen LogP contribution in [-0.4, -0.2) is 36.0 Å². The highest BCUT2D eigenvalue weighted by atomic mass is 16.7. The van der Waals surface area contributed by atoms with Gasteiger partial charge in [-0.15, -0.1) is 0 Å². The number of ether oxygens (including phenoxy) is 2. The van der Waals surface area contributed by atoms with Gasteiger partial charge in [0.2, 0.25) is 0 Å². The number of fused-ring (bicyclic) bond motifs is 1. The Morgan fingerprint density at radius 2 is 2.00 bits per heavy atom. The van der Waals surface area contributed by atoms with E-state index in [2.05, 4.69) is 24.4 Å². The van der Waals surface area contributed by atoms with Crippen LogP contribution in [0.5, 0.6) is 0 Å². The van der Waals surface area contributed by atoms with Gasteiger partial charge in [0.1, 0.15) is 0 Å². The Morgan fingerprint density at radius 3 is 2.54 bits per heavy atom. The third-order valence-electron chi connectivity index (χ3n) is 5.72. The van der Waals surface area contributed by atoms with E-state index >= 15 is 0 Å². The molecule has 26 heavy (non-hydrogen) atoms. The normalized spacial score (nSPS) is 30.3. The van der Waals surface area contributed by atoms with Crippen LogP contribution >= 0.6 is 0 Å². The van der Waals surface area contributed by atoms with Crippen molar-refractivity contribution in [3.8, 4) is 0 Å². The highest BCUT2D eigenvalue weighted by Crippen LogP contribution is 2.67. The Morgan fingerprint density at radius 1 is 1.31 bits per heavy atom.